The van der Waals surface area contributed by atoms with Gasteiger partial charge in [0.05, 0.1) is 33.2 Å². The van der Waals surface area contributed by atoms with E-state index < -0.39 is 0 Å². The lowest BCUT2D eigenvalue weighted by Crippen LogP contribution is -3.00. The van der Waals surface area contributed by atoms with Gasteiger partial charge in [-0.15, -0.1) is 0 Å². The molecule has 1 aliphatic heterocycles. The Morgan fingerprint density at radius 2 is 1.27 bits per heavy atom. The lowest BCUT2D eigenvalue weighted by Gasteiger charge is -2.41. The first-order valence-corrected chi connectivity index (χ1v) is 7.90. The van der Waals surface area contributed by atoms with Crippen LogP contribution in [0.3, 0.4) is 0 Å². The number of halogens is 1. The SMILES string of the molecule is C[N+]1(C)CCN(C2c3ccccc3-c3ccccc32)CC1.[I-]. The summed E-state index contributed by atoms with van der Waals surface area (Å²) in [6.07, 6.45) is 0. The number of hydrogen-bond acceptors (Lipinski definition) is 1. The summed E-state index contributed by atoms with van der Waals surface area (Å²) in [7, 11) is 4.68. The quantitative estimate of drug-likeness (QED) is 0.482. The number of hydrogen-bond donors (Lipinski definition) is 0. The first-order chi connectivity index (χ1) is 10.2. The van der Waals surface area contributed by atoms with Crippen molar-refractivity contribution in [3.8, 4) is 11.1 Å². The second-order valence-corrected chi connectivity index (χ2v) is 7.00. The van der Waals surface area contributed by atoms with Crippen LogP contribution in [-0.2, 0) is 0 Å². The average Bonchev–Trinajstić information content (AvgIpc) is 2.82. The topological polar surface area (TPSA) is 3.24 Å². The van der Waals surface area contributed by atoms with Crippen LogP contribution in [0.4, 0.5) is 0 Å². The molecule has 0 amide bonds. The van der Waals surface area contributed by atoms with E-state index in [1.165, 1.54) is 48.4 Å². The van der Waals surface area contributed by atoms with Crippen molar-refractivity contribution in [2.24, 2.45) is 0 Å². The number of fused-ring (bicyclic) bond motifs is 3. The van der Waals surface area contributed by atoms with Crippen molar-refractivity contribution in [3.63, 3.8) is 0 Å². The van der Waals surface area contributed by atoms with E-state index in [4.69, 9.17) is 0 Å². The maximum atomic E-state index is 2.67. The first-order valence-electron chi connectivity index (χ1n) is 7.90. The summed E-state index contributed by atoms with van der Waals surface area (Å²) in [6.45, 7) is 4.84. The summed E-state index contributed by atoms with van der Waals surface area (Å²) in [6, 6.07) is 18.3. The molecule has 116 valence electrons. The van der Waals surface area contributed by atoms with Gasteiger partial charge in [-0.2, -0.15) is 0 Å². The molecule has 0 spiro atoms. The van der Waals surface area contributed by atoms with Crippen molar-refractivity contribution in [1.29, 1.82) is 0 Å². The van der Waals surface area contributed by atoms with Gasteiger partial charge in [-0.05, 0) is 22.3 Å². The van der Waals surface area contributed by atoms with Crippen LogP contribution in [0.25, 0.3) is 11.1 Å². The van der Waals surface area contributed by atoms with Crippen LogP contribution in [0, 0.1) is 0 Å². The fourth-order valence-electron chi connectivity index (χ4n) is 3.80. The predicted octanol–water partition coefficient (Wildman–Crippen LogP) is 0.152. The van der Waals surface area contributed by atoms with E-state index >= 15 is 0 Å². The van der Waals surface area contributed by atoms with E-state index in [1.54, 1.807) is 0 Å². The third kappa shape index (κ3) is 2.59. The molecule has 0 saturated carbocycles. The lowest BCUT2D eigenvalue weighted by molar-refractivity contribution is -0.894. The Morgan fingerprint density at radius 3 is 1.77 bits per heavy atom. The van der Waals surface area contributed by atoms with Crippen molar-refractivity contribution < 1.29 is 28.5 Å². The molecule has 0 aromatic heterocycles. The van der Waals surface area contributed by atoms with E-state index in [2.05, 4.69) is 67.5 Å². The molecular weight excluding hydrogens is 383 g/mol. The number of likely N-dealkylation sites (N-methyl/N-ethyl adjacent to an activating group) is 1. The molecule has 1 saturated heterocycles. The molecule has 2 aromatic rings. The minimum absolute atomic E-state index is 0. The van der Waals surface area contributed by atoms with Crippen molar-refractivity contribution in [1.82, 2.24) is 4.90 Å². The van der Waals surface area contributed by atoms with Crippen LogP contribution in [0.15, 0.2) is 48.5 Å². The summed E-state index contributed by atoms with van der Waals surface area (Å²) in [5.74, 6) is 0. The van der Waals surface area contributed by atoms with Gasteiger partial charge in [0.1, 0.15) is 0 Å². The fourth-order valence-corrected chi connectivity index (χ4v) is 3.80. The zero-order chi connectivity index (χ0) is 14.4. The summed E-state index contributed by atoms with van der Waals surface area (Å²) >= 11 is 0. The van der Waals surface area contributed by atoms with Crippen molar-refractivity contribution in [2.75, 3.05) is 40.3 Å². The lowest BCUT2D eigenvalue weighted by atomic mass is 10.0. The van der Waals surface area contributed by atoms with E-state index in [-0.39, 0.29) is 24.0 Å². The first kappa shape index (κ1) is 16.0. The highest BCUT2D eigenvalue weighted by molar-refractivity contribution is 5.78. The highest BCUT2D eigenvalue weighted by Crippen LogP contribution is 2.46. The van der Waals surface area contributed by atoms with Crippen molar-refractivity contribution in [2.45, 2.75) is 6.04 Å². The Hall–Kier alpha value is -0.910. The van der Waals surface area contributed by atoms with E-state index in [0.717, 1.165) is 4.48 Å². The Labute approximate surface area is 150 Å². The van der Waals surface area contributed by atoms with Gasteiger partial charge in [0.25, 0.3) is 0 Å². The summed E-state index contributed by atoms with van der Waals surface area (Å²) < 4.78 is 1.15. The van der Waals surface area contributed by atoms with Crippen molar-refractivity contribution >= 4 is 0 Å². The number of benzene rings is 2. The molecule has 0 N–H and O–H groups in total. The second kappa shape index (κ2) is 5.95. The van der Waals surface area contributed by atoms with Gasteiger partial charge in [-0.25, -0.2) is 0 Å². The highest BCUT2D eigenvalue weighted by Gasteiger charge is 2.36. The molecule has 0 atom stereocenters. The summed E-state index contributed by atoms with van der Waals surface area (Å²) in [4.78, 5) is 2.67. The zero-order valence-corrected chi connectivity index (χ0v) is 15.5. The molecule has 4 rings (SSSR count). The smallest absolute Gasteiger partial charge is 0.0912 e. The molecule has 2 aromatic carbocycles. The Balaban J connectivity index is 0.00000144. The van der Waals surface area contributed by atoms with Crippen LogP contribution in [0.5, 0.6) is 0 Å². The van der Waals surface area contributed by atoms with Gasteiger partial charge < -0.3 is 28.5 Å². The molecular formula is C19H23IN2. The molecule has 1 aliphatic carbocycles. The highest BCUT2D eigenvalue weighted by atomic mass is 127. The largest absolute Gasteiger partial charge is 1.00 e. The number of piperazine rings is 1. The van der Waals surface area contributed by atoms with E-state index in [0.29, 0.717) is 6.04 Å². The van der Waals surface area contributed by atoms with Gasteiger partial charge in [-0.1, -0.05) is 48.5 Å². The summed E-state index contributed by atoms with van der Waals surface area (Å²) in [5, 5.41) is 0. The molecule has 22 heavy (non-hydrogen) atoms. The molecule has 2 nitrogen and oxygen atoms in total. The molecule has 3 heteroatoms. The number of rotatable bonds is 1. The maximum Gasteiger partial charge on any atom is 0.0912 e. The minimum Gasteiger partial charge on any atom is -1.00 e. The van der Waals surface area contributed by atoms with Gasteiger partial charge in [-0.3, -0.25) is 4.90 Å². The molecule has 2 aliphatic rings. The Morgan fingerprint density at radius 1 is 0.818 bits per heavy atom. The van der Waals surface area contributed by atoms with E-state index in [1.807, 2.05) is 0 Å². The third-order valence-electron chi connectivity index (χ3n) is 5.15. The third-order valence-corrected chi connectivity index (χ3v) is 5.15. The molecule has 0 bridgehead atoms. The van der Waals surface area contributed by atoms with Gasteiger partial charge >= 0.3 is 0 Å². The number of nitrogens with zero attached hydrogens (tertiary/aromatic N) is 2. The van der Waals surface area contributed by atoms with Gasteiger partial charge in [0.15, 0.2) is 0 Å². The minimum atomic E-state index is 0. The van der Waals surface area contributed by atoms with Crippen LogP contribution in [0.1, 0.15) is 17.2 Å². The summed E-state index contributed by atoms with van der Waals surface area (Å²) in [5.41, 5.74) is 5.84. The van der Waals surface area contributed by atoms with Crippen LogP contribution < -0.4 is 24.0 Å². The van der Waals surface area contributed by atoms with Crippen LogP contribution >= 0.6 is 0 Å². The molecule has 0 unspecified atom stereocenters. The van der Waals surface area contributed by atoms with Gasteiger partial charge in [0.2, 0.25) is 0 Å². The molecule has 1 heterocycles. The normalized spacial score (nSPS) is 20.1. The fraction of sp³-hybridized carbons (Fsp3) is 0.368. The van der Waals surface area contributed by atoms with Crippen LogP contribution in [-0.4, -0.2) is 49.7 Å². The number of quaternary nitrogens is 1. The standard InChI is InChI=1S/C19H23N2.HI/c1-21(2)13-11-20(12-14-21)19-17-9-5-3-7-15(17)16-8-4-6-10-18(16)19;/h3-10,19H,11-14H2,1-2H3;1H/q+1;/p-1. The maximum absolute atomic E-state index is 2.67. The average molecular weight is 406 g/mol. The zero-order valence-electron chi connectivity index (χ0n) is 13.3. The predicted molar refractivity (Wildman–Crippen MR) is 87.1 cm³/mol. The Bertz CT molecular complexity index is 625. The molecule has 0 radical (unpaired) electrons. The second-order valence-electron chi connectivity index (χ2n) is 7.00. The van der Waals surface area contributed by atoms with Gasteiger partial charge in [0, 0.05) is 13.1 Å². The van der Waals surface area contributed by atoms with Crippen LogP contribution in [0.2, 0.25) is 0 Å². The molecule has 1 fully saturated rings. The Kier molecular flexibility index (Phi) is 4.32. The van der Waals surface area contributed by atoms with E-state index in [9.17, 15) is 0 Å². The monoisotopic (exact) mass is 406 g/mol. The van der Waals surface area contributed by atoms with Crippen molar-refractivity contribution in [3.05, 3.63) is 59.7 Å².